The Kier molecular flexibility index (Phi) is 6.72. The molecule has 0 saturated carbocycles. The van der Waals surface area contributed by atoms with Crippen LogP contribution in [0.2, 0.25) is 0 Å². The average Bonchev–Trinajstić information content (AvgIpc) is 2.83. The third-order valence-electron chi connectivity index (χ3n) is 4.51. The molecular weight excluding hydrogens is 410 g/mol. The van der Waals surface area contributed by atoms with Crippen LogP contribution >= 0.6 is 0 Å². The molecule has 0 aromatic heterocycles. The number of benzene rings is 3. The molecule has 1 N–H and O–H groups in total. The molecule has 32 heavy (non-hydrogen) atoms. The van der Waals surface area contributed by atoms with Gasteiger partial charge < -0.3 is 19.5 Å². The summed E-state index contributed by atoms with van der Waals surface area (Å²) < 4.78 is 16.0. The number of nitrogens with zero attached hydrogens (tertiary/aromatic N) is 2. The molecule has 8 nitrogen and oxygen atoms in total. The van der Waals surface area contributed by atoms with E-state index in [1.807, 2.05) is 30.3 Å². The van der Waals surface area contributed by atoms with E-state index in [1.165, 1.54) is 0 Å². The lowest BCUT2D eigenvalue weighted by atomic mass is 10.1. The molecule has 1 amide bonds. The molecule has 0 atom stereocenters. The Morgan fingerprint density at radius 1 is 0.844 bits per heavy atom. The molecule has 0 saturated heterocycles. The van der Waals surface area contributed by atoms with Gasteiger partial charge in [-0.25, -0.2) is 0 Å². The van der Waals surface area contributed by atoms with E-state index in [0.717, 1.165) is 11.3 Å². The minimum Gasteiger partial charge on any atom is -0.486 e. The first-order valence-corrected chi connectivity index (χ1v) is 10.1. The fourth-order valence-corrected chi connectivity index (χ4v) is 2.98. The van der Waals surface area contributed by atoms with E-state index >= 15 is 0 Å². The zero-order valence-corrected chi connectivity index (χ0v) is 17.2. The maximum atomic E-state index is 12.1. The molecule has 0 radical (unpaired) electrons. The van der Waals surface area contributed by atoms with E-state index in [9.17, 15) is 9.59 Å². The van der Waals surface area contributed by atoms with Gasteiger partial charge in [0.05, 0.1) is 17.8 Å². The number of hydrogen-bond donors (Lipinski definition) is 1. The summed E-state index contributed by atoms with van der Waals surface area (Å²) in [6.07, 6.45) is 0.0328. The quantitative estimate of drug-likeness (QED) is 0.436. The van der Waals surface area contributed by atoms with Gasteiger partial charge in [-0.2, -0.15) is 10.2 Å². The predicted octanol–water partition coefficient (Wildman–Crippen LogP) is 4.60. The van der Waals surface area contributed by atoms with Crippen molar-refractivity contribution in [2.24, 2.45) is 10.2 Å². The van der Waals surface area contributed by atoms with Crippen LogP contribution in [0.4, 0.5) is 17.1 Å². The Hall–Kier alpha value is -4.20. The standard InChI is InChI=1S/C24H21N3O5/c28-23(16-32-24(29)15-17-6-11-21-22(14-17)31-13-12-30-21)25-18-7-9-20(10-8-18)27-26-19-4-2-1-3-5-19/h1-11,14H,12-13,15-16H2,(H,25,28). The fraction of sp³-hybridized carbons (Fsp3) is 0.167. The SMILES string of the molecule is O=C(COC(=O)Cc1ccc2c(c1)OCCO2)Nc1ccc(N=Nc2ccccc2)cc1. The van der Waals surface area contributed by atoms with E-state index in [2.05, 4.69) is 15.5 Å². The molecule has 1 aliphatic rings. The highest BCUT2D eigenvalue weighted by atomic mass is 16.6. The van der Waals surface area contributed by atoms with Crippen LogP contribution in [-0.2, 0) is 20.7 Å². The number of azo groups is 1. The third-order valence-corrected chi connectivity index (χ3v) is 4.51. The van der Waals surface area contributed by atoms with Gasteiger partial charge in [-0.15, -0.1) is 0 Å². The summed E-state index contributed by atoms with van der Waals surface area (Å²) in [7, 11) is 0. The molecule has 0 bridgehead atoms. The van der Waals surface area contributed by atoms with E-state index in [4.69, 9.17) is 14.2 Å². The molecule has 8 heteroatoms. The number of esters is 1. The molecule has 1 heterocycles. The number of amides is 1. The van der Waals surface area contributed by atoms with Gasteiger partial charge in [0.2, 0.25) is 0 Å². The first-order chi connectivity index (χ1) is 15.7. The second-order valence-electron chi connectivity index (χ2n) is 6.95. The van der Waals surface area contributed by atoms with Crippen LogP contribution in [0.25, 0.3) is 0 Å². The Morgan fingerprint density at radius 3 is 2.28 bits per heavy atom. The van der Waals surface area contributed by atoms with E-state index in [1.54, 1.807) is 42.5 Å². The van der Waals surface area contributed by atoms with Crippen molar-refractivity contribution < 1.29 is 23.8 Å². The summed E-state index contributed by atoms with van der Waals surface area (Å²) in [4.78, 5) is 24.2. The number of nitrogens with one attached hydrogen (secondary N) is 1. The molecule has 3 aromatic carbocycles. The summed E-state index contributed by atoms with van der Waals surface area (Å²) in [6.45, 7) is 0.598. The van der Waals surface area contributed by atoms with Crippen LogP contribution in [-0.4, -0.2) is 31.7 Å². The molecule has 1 aliphatic heterocycles. The molecule has 0 aliphatic carbocycles. The first-order valence-electron chi connectivity index (χ1n) is 10.1. The molecular formula is C24H21N3O5. The summed E-state index contributed by atoms with van der Waals surface area (Å²) in [5, 5.41) is 11.0. The lowest BCUT2D eigenvalue weighted by Gasteiger charge is -2.18. The minimum absolute atomic E-state index is 0.0328. The van der Waals surface area contributed by atoms with Crippen molar-refractivity contribution in [2.45, 2.75) is 6.42 Å². The van der Waals surface area contributed by atoms with Gasteiger partial charge in [0.25, 0.3) is 5.91 Å². The molecule has 0 unspecified atom stereocenters. The van der Waals surface area contributed by atoms with Crippen molar-refractivity contribution in [1.82, 2.24) is 0 Å². The topological polar surface area (TPSA) is 98.6 Å². The van der Waals surface area contributed by atoms with Crippen molar-refractivity contribution in [3.8, 4) is 11.5 Å². The van der Waals surface area contributed by atoms with E-state index in [-0.39, 0.29) is 13.0 Å². The molecule has 3 aromatic rings. The van der Waals surface area contributed by atoms with Gasteiger partial charge in [0.1, 0.15) is 13.2 Å². The number of fused-ring (bicyclic) bond motifs is 1. The number of carbonyl (C=O) groups excluding carboxylic acids is 2. The average molecular weight is 431 g/mol. The predicted molar refractivity (Wildman–Crippen MR) is 118 cm³/mol. The van der Waals surface area contributed by atoms with Gasteiger partial charge >= 0.3 is 5.97 Å². The zero-order valence-electron chi connectivity index (χ0n) is 17.2. The highest BCUT2D eigenvalue weighted by molar-refractivity contribution is 5.93. The van der Waals surface area contributed by atoms with Crippen molar-refractivity contribution in [3.05, 3.63) is 78.4 Å². The maximum Gasteiger partial charge on any atom is 0.310 e. The largest absolute Gasteiger partial charge is 0.486 e. The summed E-state index contributed by atoms with van der Waals surface area (Å²) >= 11 is 0. The highest BCUT2D eigenvalue weighted by Gasteiger charge is 2.14. The number of rotatable bonds is 7. The zero-order chi connectivity index (χ0) is 22.2. The summed E-state index contributed by atoms with van der Waals surface area (Å²) in [6, 6.07) is 21.5. The van der Waals surface area contributed by atoms with Crippen LogP contribution in [0.15, 0.2) is 83.0 Å². The van der Waals surface area contributed by atoms with Crippen LogP contribution in [0.1, 0.15) is 5.56 Å². The maximum absolute atomic E-state index is 12.1. The van der Waals surface area contributed by atoms with Crippen molar-refractivity contribution in [1.29, 1.82) is 0 Å². The van der Waals surface area contributed by atoms with E-state index in [0.29, 0.717) is 36.1 Å². The fourth-order valence-electron chi connectivity index (χ4n) is 2.98. The Labute approximate surface area is 184 Å². The lowest BCUT2D eigenvalue weighted by Crippen LogP contribution is -2.21. The van der Waals surface area contributed by atoms with E-state index < -0.39 is 11.9 Å². The Balaban J connectivity index is 1.23. The monoisotopic (exact) mass is 431 g/mol. The highest BCUT2D eigenvalue weighted by Crippen LogP contribution is 2.30. The third kappa shape index (κ3) is 5.91. The van der Waals surface area contributed by atoms with Crippen molar-refractivity contribution >= 4 is 28.9 Å². The lowest BCUT2D eigenvalue weighted by molar-refractivity contribution is -0.146. The molecule has 4 rings (SSSR count). The number of carbonyl (C=O) groups is 2. The normalized spacial score (nSPS) is 12.4. The smallest absolute Gasteiger partial charge is 0.310 e. The van der Waals surface area contributed by atoms with Gasteiger partial charge in [-0.1, -0.05) is 24.3 Å². The molecule has 0 spiro atoms. The first kappa shape index (κ1) is 21.0. The second-order valence-corrected chi connectivity index (χ2v) is 6.95. The Morgan fingerprint density at radius 2 is 1.53 bits per heavy atom. The molecule has 0 fully saturated rings. The van der Waals surface area contributed by atoms with Gasteiger partial charge in [-0.05, 0) is 54.1 Å². The van der Waals surface area contributed by atoms with Gasteiger partial charge in [0.15, 0.2) is 18.1 Å². The second kappa shape index (κ2) is 10.2. The molecule has 162 valence electrons. The van der Waals surface area contributed by atoms with Crippen LogP contribution < -0.4 is 14.8 Å². The number of anilines is 1. The van der Waals surface area contributed by atoms with Crippen LogP contribution in [0.3, 0.4) is 0 Å². The number of ether oxygens (including phenoxy) is 3. The summed E-state index contributed by atoms with van der Waals surface area (Å²) in [5.41, 5.74) is 2.69. The minimum atomic E-state index is -0.506. The summed E-state index contributed by atoms with van der Waals surface area (Å²) in [5.74, 6) is 0.319. The van der Waals surface area contributed by atoms with Crippen LogP contribution in [0, 0.1) is 0 Å². The van der Waals surface area contributed by atoms with Crippen LogP contribution in [0.5, 0.6) is 11.5 Å². The van der Waals surface area contributed by atoms with Crippen molar-refractivity contribution in [3.63, 3.8) is 0 Å². The Bertz CT molecular complexity index is 1110. The number of hydrogen-bond acceptors (Lipinski definition) is 7. The van der Waals surface area contributed by atoms with Gasteiger partial charge in [-0.3, -0.25) is 9.59 Å². The van der Waals surface area contributed by atoms with Crippen molar-refractivity contribution in [2.75, 3.05) is 25.1 Å². The van der Waals surface area contributed by atoms with Gasteiger partial charge in [0, 0.05) is 5.69 Å².